The quantitative estimate of drug-likeness (QED) is 0.251. The molecule has 0 aliphatic rings. The van der Waals surface area contributed by atoms with Gasteiger partial charge in [-0.25, -0.2) is 9.97 Å². The number of nitrogens with zero attached hydrogens (tertiary/aromatic N) is 2. The van der Waals surface area contributed by atoms with Gasteiger partial charge < -0.3 is 18.9 Å². The first-order chi connectivity index (χ1) is 17.7. The number of methoxy groups -OCH3 is 3. The molecule has 0 aliphatic heterocycles. The van der Waals surface area contributed by atoms with Crippen LogP contribution in [0.15, 0.2) is 91.3 Å². The third-order valence-electron chi connectivity index (χ3n) is 6.03. The maximum absolute atomic E-state index is 6.13. The first kappa shape index (κ1) is 23.2. The molecule has 0 atom stereocenters. The van der Waals surface area contributed by atoms with Crippen molar-refractivity contribution in [2.45, 2.75) is 6.61 Å². The van der Waals surface area contributed by atoms with Crippen molar-refractivity contribution >= 4 is 10.9 Å². The number of rotatable bonds is 8. The number of hydrogen-bond acceptors (Lipinski definition) is 6. The first-order valence-corrected chi connectivity index (χ1v) is 11.5. The fourth-order valence-electron chi connectivity index (χ4n) is 4.15. The average molecular weight is 479 g/mol. The zero-order chi connectivity index (χ0) is 24.9. The Hall–Kier alpha value is -4.58. The fourth-order valence-corrected chi connectivity index (χ4v) is 4.15. The lowest BCUT2D eigenvalue weighted by Gasteiger charge is -2.14. The molecule has 0 unspecified atom stereocenters. The van der Waals surface area contributed by atoms with Gasteiger partial charge in [0.05, 0.1) is 32.5 Å². The Morgan fingerprint density at radius 3 is 1.97 bits per heavy atom. The van der Waals surface area contributed by atoms with Gasteiger partial charge in [-0.1, -0.05) is 42.5 Å². The molecule has 0 N–H and O–H groups in total. The van der Waals surface area contributed by atoms with Crippen molar-refractivity contribution in [2.75, 3.05) is 21.3 Å². The van der Waals surface area contributed by atoms with Crippen LogP contribution in [0, 0.1) is 0 Å². The summed E-state index contributed by atoms with van der Waals surface area (Å²) in [5.74, 6) is 2.68. The van der Waals surface area contributed by atoms with Crippen LogP contribution in [0.4, 0.5) is 0 Å². The van der Waals surface area contributed by atoms with E-state index in [1.54, 1.807) is 27.7 Å². The fraction of sp³-hybridized carbons (Fsp3) is 0.133. The van der Waals surface area contributed by atoms with Crippen molar-refractivity contribution in [3.8, 4) is 45.4 Å². The van der Waals surface area contributed by atoms with E-state index in [0.29, 0.717) is 29.6 Å². The van der Waals surface area contributed by atoms with Gasteiger partial charge in [0, 0.05) is 10.9 Å². The molecule has 1 aromatic heterocycles. The minimum atomic E-state index is 0.454. The summed E-state index contributed by atoms with van der Waals surface area (Å²) >= 11 is 0. The van der Waals surface area contributed by atoms with Crippen molar-refractivity contribution in [1.82, 2.24) is 9.97 Å². The first-order valence-electron chi connectivity index (χ1n) is 11.5. The average Bonchev–Trinajstić information content (AvgIpc) is 2.95. The summed E-state index contributed by atoms with van der Waals surface area (Å²) in [7, 11) is 4.89. The second-order valence-electron chi connectivity index (χ2n) is 8.16. The van der Waals surface area contributed by atoms with Gasteiger partial charge in [0.25, 0.3) is 0 Å². The molecule has 4 aromatic carbocycles. The van der Waals surface area contributed by atoms with Gasteiger partial charge in [0.15, 0.2) is 23.0 Å². The summed E-state index contributed by atoms with van der Waals surface area (Å²) in [6.45, 7) is 0.454. The molecule has 180 valence electrons. The molecule has 0 radical (unpaired) electrons. The van der Waals surface area contributed by atoms with Crippen LogP contribution in [0.2, 0.25) is 0 Å². The minimum Gasteiger partial charge on any atom is -0.493 e. The van der Waals surface area contributed by atoms with Crippen LogP contribution in [0.5, 0.6) is 23.0 Å². The van der Waals surface area contributed by atoms with Gasteiger partial charge in [-0.05, 0) is 59.2 Å². The molecule has 1 heterocycles. The molecule has 6 heteroatoms. The maximum atomic E-state index is 6.13. The number of fused-ring (bicyclic) bond motifs is 1. The van der Waals surface area contributed by atoms with Gasteiger partial charge in [-0.15, -0.1) is 0 Å². The number of aromatic nitrogens is 2. The summed E-state index contributed by atoms with van der Waals surface area (Å²) in [4.78, 5) is 9.07. The van der Waals surface area contributed by atoms with E-state index in [4.69, 9.17) is 18.9 Å². The van der Waals surface area contributed by atoms with Crippen molar-refractivity contribution in [3.63, 3.8) is 0 Å². The van der Waals surface area contributed by atoms with E-state index in [1.165, 1.54) is 0 Å². The Bertz CT molecular complexity index is 1500. The van der Waals surface area contributed by atoms with Crippen molar-refractivity contribution < 1.29 is 18.9 Å². The number of hydrogen-bond donors (Lipinski definition) is 0. The Balaban J connectivity index is 1.54. The van der Waals surface area contributed by atoms with E-state index in [9.17, 15) is 0 Å². The van der Waals surface area contributed by atoms with E-state index < -0.39 is 0 Å². The molecule has 0 spiro atoms. The molecule has 5 aromatic rings. The summed E-state index contributed by atoms with van der Waals surface area (Å²) < 4.78 is 22.6. The van der Waals surface area contributed by atoms with Crippen molar-refractivity contribution in [3.05, 3.63) is 96.8 Å². The Morgan fingerprint density at radius 1 is 0.583 bits per heavy atom. The normalized spacial score (nSPS) is 10.8. The van der Waals surface area contributed by atoms with Crippen molar-refractivity contribution in [1.29, 1.82) is 0 Å². The van der Waals surface area contributed by atoms with Crippen LogP contribution in [-0.2, 0) is 6.61 Å². The Kier molecular flexibility index (Phi) is 6.67. The van der Waals surface area contributed by atoms with Gasteiger partial charge in [0.1, 0.15) is 12.9 Å². The second-order valence-corrected chi connectivity index (χ2v) is 8.16. The number of ether oxygens (including phenoxy) is 4. The SMILES string of the molecule is COc1ccc(-c2ncnc3ccc(-c4ccc(OC)c(OCc5ccccc5)c4)cc23)cc1OC. The molecule has 6 nitrogen and oxygen atoms in total. The van der Waals surface area contributed by atoms with Gasteiger partial charge >= 0.3 is 0 Å². The maximum Gasteiger partial charge on any atom is 0.162 e. The highest BCUT2D eigenvalue weighted by molar-refractivity contribution is 5.95. The molecule has 0 saturated carbocycles. The van der Waals surface area contributed by atoms with Crippen LogP contribution in [0.1, 0.15) is 5.56 Å². The zero-order valence-corrected chi connectivity index (χ0v) is 20.4. The highest BCUT2D eigenvalue weighted by atomic mass is 16.5. The minimum absolute atomic E-state index is 0.454. The van der Waals surface area contributed by atoms with E-state index in [0.717, 1.165) is 38.9 Å². The van der Waals surface area contributed by atoms with Crippen LogP contribution >= 0.6 is 0 Å². The zero-order valence-electron chi connectivity index (χ0n) is 20.4. The molecule has 0 fully saturated rings. The number of benzene rings is 4. The monoisotopic (exact) mass is 478 g/mol. The molecule has 5 rings (SSSR count). The molecule has 36 heavy (non-hydrogen) atoms. The summed E-state index contributed by atoms with van der Waals surface area (Å²) in [6.07, 6.45) is 1.58. The predicted molar refractivity (Wildman–Crippen MR) is 141 cm³/mol. The Morgan fingerprint density at radius 2 is 1.22 bits per heavy atom. The molecule has 0 bridgehead atoms. The second kappa shape index (κ2) is 10.4. The standard InChI is InChI=1S/C30H26N2O4/c1-33-26-14-11-23(17-28(26)35-3)30-24-15-21(9-12-25(24)31-19-32-30)22-10-13-27(34-2)29(16-22)36-18-20-7-5-4-6-8-20/h4-17,19H,18H2,1-3H3. The summed E-state index contributed by atoms with van der Waals surface area (Å²) in [5.41, 5.74) is 5.70. The molecule has 0 amide bonds. The van der Waals surface area contributed by atoms with Crippen LogP contribution in [0.25, 0.3) is 33.3 Å². The third kappa shape index (κ3) is 4.66. The largest absolute Gasteiger partial charge is 0.493 e. The van der Waals surface area contributed by atoms with Crippen LogP contribution < -0.4 is 18.9 Å². The third-order valence-corrected chi connectivity index (χ3v) is 6.03. The van der Waals surface area contributed by atoms with Crippen molar-refractivity contribution in [2.24, 2.45) is 0 Å². The highest BCUT2D eigenvalue weighted by Gasteiger charge is 2.13. The highest BCUT2D eigenvalue weighted by Crippen LogP contribution is 2.37. The summed E-state index contributed by atoms with van der Waals surface area (Å²) in [6, 6.07) is 28.0. The van der Waals surface area contributed by atoms with E-state index in [-0.39, 0.29) is 0 Å². The lowest BCUT2D eigenvalue weighted by Crippen LogP contribution is -1.98. The van der Waals surface area contributed by atoms with Gasteiger partial charge in [-0.3, -0.25) is 0 Å². The lowest BCUT2D eigenvalue weighted by molar-refractivity contribution is 0.284. The lowest BCUT2D eigenvalue weighted by atomic mass is 10.00. The molecule has 0 aliphatic carbocycles. The van der Waals surface area contributed by atoms with Gasteiger partial charge in [0.2, 0.25) is 0 Å². The van der Waals surface area contributed by atoms with Crippen LogP contribution in [0.3, 0.4) is 0 Å². The summed E-state index contributed by atoms with van der Waals surface area (Å²) in [5, 5.41) is 0.935. The van der Waals surface area contributed by atoms with E-state index in [1.807, 2.05) is 72.8 Å². The molecule has 0 saturated heterocycles. The van der Waals surface area contributed by atoms with Crippen LogP contribution in [-0.4, -0.2) is 31.3 Å². The Labute approximate surface area is 210 Å². The molecular weight excluding hydrogens is 452 g/mol. The topological polar surface area (TPSA) is 62.7 Å². The smallest absolute Gasteiger partial charge is 0.162 e. The van der Waals surface area contributed by atoms with E-state index in [2.05, 4.69) is 22.1 Å². The molecular formula is C30H26N2O4. The van der Waals surface area contributed by atoms with E-state index >= 15 is 0 Å². The predicted octanol–water partition coefficient (Wildman–Crippen LogP) is 6.57. The van der Waals surface area contributed by atoms with Gasteiger partial charge in [-0.2, -0.15) is 0 Å².